The number of aromatic nitrogens is 1. The lowest BCUT2D eigenvalue weighted by molar-refractivity contribution is -0.135. The number of anilines is 1. The lowest BCUT2D eigenvalue weighted by Gasteiger charge is -2.38. The number of allylic oxidation sites excluding steroid dienone is 1. The number of rotatable bonds is 4. The van der Waals surface area contributed by atoms with Gasteiger partial charge < -0.3 is 20.1 Å². The molecule has 10 heteroatoms. The van der Waals surface area contributed by atoms with E-state index < -0.39 is 41.4 Å². The molecular formula is C16H17F3N2O5. The van der Waals surface area contributed by atoms with E-state index in [1.165, 1.54) is 4.90 Å². The first kappa shape index (κ1) is 19.5. The summed E-state index contributed by atoms with van der Waals surface area (Å²) in [4.78, 5) is 37.8. The van der Waals surface area contributed by atoms with Gasteiger partial charge in [-0.3, -0.25) is 9.59 Å². The highest BCUT2D eigenvalue weighted by atomic mass is 19.4. The summed E-state index contributed by atoms with van der Waals surface area (Å²) >= 11 is 0. The van der Waals surface area contributed by atoms with Crippen molar-refractivity contribution in [3.05, 3.63) is 33.6 Å². The van der Waals surface area contributed by atoms with E-state index in [0.717, 1.165) is 6.07 Å². The highest BCUT2D eigenvalue weighted by Gasteiger charge is 2.38. The Morgan fingerprint density at radius 3 is 2.46 bits per heavy atom. The molecule has 0 fully saturated rings. The Morgan fingerprint density at radius 2 is 1.96 bits per heavy atom. The maximum absolute atomic E-state index is 13.2. The molecule has 0 aliphatic carbocycles. The van der Waals surface area contributed by atoms with Crippen LogP contribution in [-0.2, 0) is 9.59 Å². The predicted molar refractivity (Wildman–Crippen MR) is 86.2 cm³/mol. The second kappa shape index (κ2) is 6.85. The molecule has 1 aliphatic rings. The van der Waals surface area contributed by atoms with Gasteiger partial charge in [0, 0.05) is 12.1 Å². The highest BCUT2D eigenvalue weighted by Crippen LogP contribution is 2.39. The Labute approximate surface area is 145 Å². The number of fused-ring (bicyclic) bond motifs is 1. The molecule has 0 spiro atoms. The lowest BCUT2D eigenvalue weighted by atomic mass is 9.88. The second-order valence-corrected chi connectivity index (χ2v) is 6.22. The zero-order valence-electron chi connectivity index (χ0n) is 13.9. The molecule has 1 aliphatic heterocycles. The van der Waals surface area contributed by atoms with Crippen molar-refractivity contribution in [3.63, 3.8) is 0 Å². The average Bonchev–Trinajstić information content (AvgIpc) is 2.47. The fourth-order valence-corrected chi connectivity index (χ4v) is 3.15. The van der Waals surface area contributed by atoms with Crippen molar-refractivity contribution in [2.24, 2.45) is 0 Å². The summed E-state index contributed by atoms with van der Waals surface area (Å²) in [5, 5.41) is 17.7. The number of nitrogens with one attached hydrogen (secondary N) is 1. The molecule has 2 unspecified atom stereocenters. The molecule has 0 saturated heterocycles. The van der Waals surface area contributed by atoms with Crippen LogP contribution in [0.3, 0.4) is 0 Å². The summed E-state index contributed by atoms with van der Waals surface area (Å²) in [6.07, 6.45) is -4.62. The van der Waals surface area contributed by atoms with Crippen LogP contribution in [0.15, 0.2) is 16.9 Å². The van der Waals surface area contributed by atoms with Crippen molar-refractivity contribution >= 4 is 23.3 Å². The molecule has 142 valence electrons. The lowest BCUT2D eigenvalue weighted by Crippen LogP contribution is -2.43. The third-order valence-corrected chi connectivity index (χ3v) is 4.26. The summed E-state index contributed by atoms with van der Waals surface area (Å²) in [6.45, 7) is 3.07. The first-order chi connectivity index (χ1) is 11.9. The number of H-pyrrole nitrogens is 1. The maximum Gasteiger partial charge on any atom is 0.417 e. The van der Waals surface area contributed by atoms with Crippen molar-refractivity contribution in [1.29, 1.82) is 0 Å². The van der Waals surface area contributed by atoms with Crippen molar-refractivity contribution in [1.82, 2.24) is 4.98 Å². The molecule has 2 rings (SSSR count). The van der Waals surface area contributed by atoms with E-state index in [1.54, 1.807) is 13.8 Å². The molecule has 2 heterocycles. The Balaban J connectivity index is 2.68. The van der Waals surface area contributed by atoms with Crippen molar-refractivity contribution in [2.75, 3.05) is 11.4 Å². The second-order valence-electron chi connectivity index (χ2n) is 6.22. The SMILES string of the molecule is CC1CC(C)N(CC(=O)O)c2[nH]c(=O)c(/C(=C\C(=O)O)C(F)(F)F)cc21. The summed E-state index contributed by atoms with van der Waals surface area (Å²) < 4.78 is 39.6. The van der Waals surface area contributed by atoms with Gasteiger partial charge in [-0.25, -0.2) is 4.79 Å². The molecule has 3 N–H and O–H groups in total. The molecule has 0 saturated carbocycles. The van der Waals surface area contributed by atoms with E-state index in [2.05, 4.69) is 4.98 Å². The number of pyridine rings is 1. The highest BCUT2D eigenvalue weighted by molar-refractivity contribution is 5.91. The number of carboxylic acids is 2. The molecule has 7 nitrogen and oxygen atoms in total. The summed E-state index contributed by atoms with van der Waals surface area (Å²) in [6, 6.07) is 0.758. The van der Waals surface area contributed by atoms with Crippen molar-refractivity contribution in [2.45, 2.75) is 38.4 Å². The molecule has 26 heavy (non-hydrogen) atoms. The number of carbonyl (C=O) groups is 2. The molecule has 0 radical (unpaired) electrons. The van der Waals surface area contributed by atoms with E-state index in [4.69, 9.17) is 10.2 Å². The van der Waals surface area contributed by atoms with Gasteiger partial charge in [-0.1, -0.05) is 6.92 Å². The van der Waals surface area contributed by atoms with E-state index >= 15 is 0 Å². The third kappa shape index (κ3) is 3.89. The Morgan fingerprint density at radius 1 is 1.35 bits per heavy atom. The van der Waals surface area contributed by atoms with Crippen LogP contribution in [-0.4, -0.2) is 45.9 Å². The molecule has 1 aromatic rings. The summed E-state index contributed by atoms with van der Waals surface area (Å²) in [5.41, 5.74) is -3.18. The van der Waals surface area contributed by atoms with Crippen molar-refractivity contribution in [3.8, 4) is 0 Å². The molecule has 0 bridgehead atoms. The Kier molecular flexibility index (Phi) is 5.15. The minimum Gasteiger partial charge on any atom is -0.480 e. The summed E-state index contributed by atoms with van der Waals surface area (Å²) in [7, 11) is 0. The Bertz CT molecular complexity index is 828. The van der Waals surface area contributed by atoms with E-state index in [0.29, 0.717) is 12.0 Å². The normalized spacial score (nSPS) is 20.7. The maximum atomic E-state index is 13.2. The standard InChI is InChI=1S/C16H17F3N2O5/c1-7-3-8(2)21(6-13(24)25)14-9(7)4-10(15(26)20-14)11(5-12(22)23)16(17,18)19/h4-5,7-8H,3,6H2,1-2H3,(H,20,26)(H,22,23)(H,24,25)/b11-5+. The predicted octanol–water partition coefficient (Wildman–Crippen LogP) is 2.19. The van der Waals surface area contributed by atoms with Crippen LogP contribution in [0, 0.1) is 0 Å². The van der Waals surface area contributed by atoms with Crippen LogP contribution in [0.4, 0.5) is 19.0 Å². The minimum atomic E-state index is -5.04. The van der Waals surface area contributed by atoms with Gasteiger partial charge in [0.1, 0.15) is 12.4 Å². The number of hydrogen-bond acceptors (Lipinski definition) is 4. The van der Waals surface area contributed by atoms with Gasteiger partial charge in [0.2, 0.25) is 0 Å². The molecular weight excluding hydrogens is 357 g/mol. The number of alkyl halides is 3. The Hall–Kier alpha value is -2.78. The van der Waals surface area contributed by atoms with Crippen LogP contribution >= 0.6 is 0 Å². The zero-order chi connectivity index (χ0) is 19.8. The van der Waals surface area contributed by atoms with Gasteiger partial charge in [-0.15, -0.1) is 0 Å². The number of nitrogens with zero attached hydrogens (tertiary/aromatic N) is 1. The molecule has 0 aromatic carbocycles. The summed E-state index contributed by atoms with van der Waals surface area (Å²) in [5.74, 6) is -3.09. The van der Waals surface area contributed by atoms with Gasteiger partial charge in [-0.05, 0) is 30.9 Å². The monoisotopic (exact) mass is 374 g/mol. The molecule has 1 aromatic heterocycles. The van der Waals surface area contributed by atoms with Crippen LogP contribution in [0.5, 0.6) is 0 Å². The third-order valence-electron chi connectivity index (χ3n) is 4.26. The first-order valence-electron chi connectivity index (χ1n) is 7.69. The first-order valence-corrected chi connectivity index (χ1v) is 7.69. The number of aliphatic carboxylic acids is 2. The van der Waals surface area contributed by atoms with E-state index in [1.807, 2.05) is 0 Å². The van der Waals surface area contributed by atoms with Crippen molar-refractivity contribution < 1.29 is 33.0 Å². The number of hydrogen-bond donors (Lipinski definition) is 3. The van der Waals surface area contributed by atoms with E-state index in [-0.39, 0.29) is 23.9 Å². The quantitative estimate of drug-likeness (QED) is 0.697. The molecule has 0 amide bonds. The van der Waals surface area contributed by atoms with Gasteiger partial charge >= 0.3 is 18.1 Å². The van der Waals surface area contributed by atoms with Crippen LogP contribution in [0.25, 0.3) is 5.57 Å². The van der Waals surface area contributed by atoms with Gasteiger partial charge in [0.25, 0.3) is 5.56 Å². The fraction of sp³-hybridized carbons (Fsp3) is 0.438. The van der Waals surface area contributed by atoms with Crippen LogP contribution < -0.4 is 10.5 Å². The topological polar surface area (TPSA) is 111 Å². The number of halogens is 3. The van der Waals surface area contributed by atoms with Gasteiger partial charge in [0.15, 0.2) is 0 Å². The molecule has 2 atom stereocenters. The van der Waals surface area contributed by atoms with E-state index in [9.17, 15) is 27.6 Å². The average molecular weight is 374 g/mol. The number of carboxylic acid groups (broad SMARTS) is 2. The largest absolute Gasteiger partial charge is 0.480 e. The van der Waals surface area contributed by atoms with Crippen LogP contribution in [0.2, 0.25) is 0 Å². The van der Waals surface area contributed by atoms with Gasteiger partial charge in [-0.2, -0.15) is 13.2 Å². The minimum absolute atomic E-state index is 0.0535. The number of aromatic amines is 1. The smallest absolute Gasteiger partial charge is 0.417 e. The fourth-order valence-electron chi connectivity index (χ4n) is 3.15. The zero-order valence-corrected chi connectivity index (χ0v) is 13.9. The van der Waals surface area contributed by atoms with Crippen LogP contribution in [0.1, 0.15) is 37.3 Å². The van der Waals surface area contributed by atoms with Gasteiger partial charge in [0.05, 0.1) is 11.1 Å².